The summed E-state index contributed by atoms with van der Waals surface area (Å²) in [6.07, 6.45) is 3.18. The number of hydrogen-bond acceptors (Lipinski definition) is 5. The molecule has 0 heterocycles. The topological polar surface area (TPSA) is 81.7 Å². The van der Waals surface area contributed by atoms with E-state index in [0.717, 1.165) is 11.1 Å². The number of esters is 1. The van der Waals surface area contributed by atoms with Crippen molar-refractivity contribution in [2.24, 2.45) is 0 Å². The highest BCUT2D eigenvalue weighted by Gasteiger charge is 2.14. The van der Waals surface area contributed by atoms with Crippen molar-refractivity contribution in [2.75, 3.05) is 13.7 Å². The summed E-state index contributed by atoms with van der Waals surface area (Å²) in [5, 5.41) is 2.64. The van der Waals surface area contributed by atoms with Gasteiger partial charge in [0.25, 0.3) is 0 Å². The van der Waals surface area contributed by atoms with Crippen molar-refractivity contribution in [1.29, 1.82) is 0 Å². The highest BCUT2D eigenvalue weighted by Crippen LogP contribution is 2.17. The molecule has 2 rings (SSSR count). The smallest absolute Gasteiger partial charge is 0.331 e. The SMILES string of the molecule is COc1ccccc1C(=O)CNC(=O)Cc1ccc(C=CC(=O)OC(C)(C)C)cc1. The standard InChI is InChI=1S/C24H27NO5/c1-24(2,3)30-23(28)14-13-17-9-11-18(12-10-17)15-22(27)25-16-20(26)19-7-5-6-8-21(19)29-4/h5-14H,15-16H2,1-4H3,(H,25,27). The normalized spacial score (nSPS) is 11.2. The van der Waals surface area contributed by atoms with Crippen LogP contribution in [0.1, 0.15) is 42.3 Å². The van der Waals surface area contributed by atoms with Crippen LogP contribution >= 0.6 is 0 Å². The molecular formula is C24H27NO5. The summed E-state index contributed by atoms with van der Waals surface area (Å²) in [7, 11) is 1.50. The largest absolute Gasteiger partial charge is 0.496 e. The number of ketones is 1. The van der Waals surface area contributed by atoms with E-state index in [1.807, 2.05) is 32.9 Å². The number of para-hydroxylation sites is 1. The third kappa shape index (κ3) is 7.54. The number of methoxy groups -OCH3 is 1. The Kier molecular flexibility index (Phi) is 7.92. The van der Waals surface area contributed by atoms with E-state index in [0.29, 0.717) is 11.3 Å². The van der Waals surface area contributed by atoms with Crippen molar-refractivity contribution in [3.8, 4) is 5.75 Å². The van der Waals surface area contributed by atoms with Gasteiger partial charge in [0.1, 0.15) is 11.4 Å². The van der Waals surface area contributed by atoms with Gasteiger partial charge in [-0.2, -0.15) is 0 Å². The number of hydrogen-bond donors (Lipinski definition) is 1. The molecule has 0 saturated heterocycles. The van der Waals surface area contributed by atoms with Crippen LogP contribution in [0.5, 0.6) is 5.75 Å². The Morgan fingerprint density at radius 1 is 1.00 bits per heavy atom. The second-order valence-electron chi connectivity index (χ2n) is 7.69. The molecule has 0 radical (unpaired) electrons. The van der Waals surface area contributed by atoms with Gasteiger partial charge in [0.2, 0.25) is 5.91 Å². The van der Waals surface area contributed by atoms with E-state index in [9.17, 15) is 14.4 Å². The van der Waals surface area contributed by atoms with Gasteiger partial charge >= 0.3 is 5.97 Å². The molecule has 6 heteroatoms. The Morgan fingerprint density at radius 2 is 1.67 bits per heavy atom. The quantitative estimate of drug-likeness (QED) is 0.409. The Labute approximate surface area is 176 Å². The molecule has 1 amide bonds. The van der Waals surface area contributed by atoms with Gasteiger partial charge in [0.05, 0.1) is 25.6 Å². The number of Topliss-reactive ketones (excluding diaryl/α,β-unsaturated/α-hetero) is 1. The van der Waals surface area contributed by atoms with Crippen molar-refractivity contribution >= 4 is 23.7 Å². The average molecular weight is 409 g/mol. The van der Waals surface area contributed by atoms with Gasteiger partial charge in [0.15, 0.2) is 5.78 Å². The van der Waals surface area contributed by atoms with Crippen LogP contribution < -0.4 is 10.1 Å². The summed E-state index contributed by atoms with van der Waals surface area (Å²) in [6.45, 7) is 5.32. The molecular weight excluding hydrogens is 382 g/mol. The minimum absolute atomic E-state index is 0.101. The predicted molar refractivity (Wildman–Crippen MR) is 115 cm³/mol. The zero-order chi connectivity index (χ0) is 22.1. The minimum Gasteiger partial charge on any atom is -0.496 e. The zero-order valence-electron chi connectivity index (χ0n) is 17.7. The van der Waals surface area contributed by atoms with E-state index in [1.165, 1.54) is 13.2 Å². The van der Waals surface area contributed by atoms with Gasteiger partial charge in [0, 0.05) is 6.08 Å². The maximum atomic E-state index is 12.3. The number of ether oxygens (including phenoxy) is 2. The number of benzene rings is 2. The molecule has 0 aromatic heterocycles. The molecule has 2 aromatic carbocycles. The monoisotopic (exact) mass is 409 g/mol. The maximum Gasteiger partial charge on any atom is 0.331 e. The molecule has 0 atom stereocenters. The zero-order valence-corrected chi connectivity index (χ0v) is 17.7. The molecule has 0 aliphatic rings. The molecule has 6 nitrogen and oxygen atoms in total. The number of carbonyl (C=O) groups excluding carboxylic acids is 3. The van der Waals surface area contributed by atoms with Gasteiger partial charge in [-0.15, -0.1) is 0 Å². The van der Waals surface area contributed by atoms with Crippen LogP contribution in [0.25, 0.3) is 6.08 Å². The molecule has 30 heavy (non-hydrogen) atoms. The van der Waals surface area contributed by atoms with E-state index >= 15 is 0 Å². The van der Waals surface area contributed by atoms with Crippen molar-refractivity contribution in [3.05, 3.63) is 71.3 Å². The fourth-order valence-electron chi connectivity index (χ4n) is 2.64. The summed E-state index contributed by atoms with van der Waals surface area (Å²) < 4.78 is 10.4. The van der Waals surface area contributed by atoms with Crippen LogP contribution in [0, 0.1) is 0 Å². The fourth-order valence-corrected chi connectivity index (χ4v) is 2.64. The second-order valence-corrected chi connectivity index (χ2v) is 7.69. The number of nitrogens with one attached hydrogen (secondary N) is 1. The lowest BCUT2D eigenvalue weighted by Crippen LogP contribution is -2.30. The average Bonchev–Trinajstić information content (AvgIpc) is 2.70. The van der Waals surface area contributed by atoms with Gasteiger partial charge in [-0.1, -0.05) is 36.4 Å². The molecule has 0 spiro atoms. The third-order valence-electron chi connectivity index (χ3n) is 4.02. The Bertz CT molecular complexity index is 923. The number of rotatable bonds is 8. The Morgan fingerprint density at radius 3 is 2.30 bits per heavy atom. The molecule has 0 saturated carbocycles. The van der Waals surface area contributed by atoms with Crippen molar-refractivity contribution in [2.45, 2.75) is 32.8 Å². The van der Waals surface area contributed by atoms with Crippen molar-refractivity contribution in [1.82, 2.24) is 5.32 Å². The van der Waals surface area contributed by atoms with E-state index in [2.05, 4.69) is 5.32 Å². The first-order chi connectivity index (χ1) is 14.2. The van der Waals surface area contributed by atoms with E-state index in [-0.39, 0.29) is 24.7 Å². The summed E-state index contributed by atoms with van der Waals surface area (Å²) >= 11 is 0. The fraction of sp³-hybridized carbons (Fsp3) is 0.292. The lowest BCUT2D eigenvalue weighted by molar-refractivity contribution is -0.148. The summed E-state index contributed by atoms with van der Waals surface area (Å²) in [6, 6.07) is 14.1. The van der Waals surface area contributed by atoms with Crippen LogP contribution in [0.2, 0.25) is 0 Å². The van der Waals surface area contributed by atoms with Gasteiger partial charge < -0.3 is 14.8 Å². The lowest BCUT2D eigenvalue weighted by Gasteiger charge is -2.17. The summed E-state index contributed by atoms with van der Waals surface area (Å²) in [5.74, 6) is -0.406. The van der Waals surface area contributed by atoms with Crippen LogP contribution in [0.3, 0.4) is 0 Å². The van der Waals surface area contributed by atoms with Gasteiger partial charge in [-0.3, -0.25) is 9.59 Å². The van der Waals surface area contributed by atoms with Crippen LogP contribution in [0.15, 0.2) is 54.6 Å². The Balaban J connectivity index is 1.86. The molecule has 0 aliphatic heterocycles. The molecule has 0 aliphatic carbocycles. The van der Waals surface area contributed by atoms with E-state index in [1.54, 1.807) is 42.5 Å². The van der Waals surface area contributed by atoms with Crippen molar-refractivity contribution < 1.29 is 23.9 Å². The molecule has 2 aromatic rings. The second kappa shape index (κ2) is 10.4. The van der Waals surface area contributed by atoms with Crippen LogP contribution in [-0.2, 0) is 20.7 Å². The van der Waals surface area contributed by atoms with E-state index in [4.69, 9.17) is 9.47 Å². The van der Waals surface area contributed by atoms with Crippen LogP contribution in [-0.4, -0.2) is 36.9 Å². The summed E-state index contributed by atoms with van der Waals surface area (Å²) in [4.78, 5) is 36.2. The molecule has 0 unspecified atom stereocenters. The Hall–Kier alpha value is -3.41. The molecule has 158 valence electrons. The molecule has 0 fully saturated rings. The van der Waals surface area contributed by atoms with Gasteiger partial charge in [-0.05, 0) is 50.1 Å². The van der Waals surface area contributed by atoms with Crippen molar-refractivity contribution in [3.63, 3.8) is 0 Å². The predicted octanol–water partition coefficient (Wildman–Crippen LogP) is 3.59. The first kappa shape index (κ1) is 22.9. The lowest BCUT2D eigenvalue weighted by atomic mass is 10.1. The number of carbonyl (C=O) groups is 3. The molecule has 0 bridgehead atoms. The first-order valence-electron chi connectivity index (χ1n) is 9.61. The van der Waals surface area contributed by atoms with Gasteiger partial charge in [-0.25, -0.2) is 4.79 Å². The number of amides is 1. The molecule has 1 N–H and O–H groups in total. The highest BCUT2D eigenvalue weighted by atomic mass is 16.6. The van der Waals surface area contributed by atoms with Crippen LogP contribution in [0.4, 0.5) is 0 Å². The first-order valence-corrected chi connectivity index (χ1v) is 9.61. The maximum absolute atomic E-state index is 12.3. The highest BCUT2D eigenvalue weighted by molar-refractivity contribution is 6.01. The third-order valence-corrected chi connectivity index (χ3v) is 4.02. The van der Waals surface area contributed by atoms with E-state index < -0.39 is 11.6 Å². The summed E-state index contributed by atoms with van der Waals surface area (Å²) in [5.41, 5.74) is 1.51. The minimum atomic E-state index is -0.536.